The molecule has 3 N–H and O–H groups in total. The highest BCUT2D eigenvalue weighted by Gasteiger charge is 2.26. The van der Waals surface area contributed by atoms with Crippen LogP contribution in [0.3, 0.4) is 0 Å². The number of nitrogens with zero attached hydrogens (tertiary/aromatic N) is 1. The van der Waals surface area contributed by atoms with Gasteiger partial charge in [0.05, 0.1) is 12.7 Å². The topological polar surface area (TPSA) is 105 Å². The lowest BCUT2D eigenvalue weighted by Crippen LogP contribution is -2.31. The van der Waals surface area contributed by atoms with Crippen LogP contribution in [0.2, 0.25) is 0 Å². The highest BCUT2D eigenvalue weighted by atomic mass is 16.5. The quantitative estimate of drug-likeness (QED) is 0.315. The molecule has 1 fully saturated rings. The Morgan fingerprint density at radius 3 is 1.84 bits per heavy atom. The molecule has 1 aromatic rings. The number of aromatic amines is 1. The summed E-state index contributed by atoms with van der Waals surface area (Å²) in [7, 11) is 0. The maximum Gasteiger partial charge on any atom is 0.330 e. The number of rotatable bonds is 16. The maximum atomic E-state index is 11.4. The molecule has 0 bridgehead atoms. The summed E-state index contributed by atoms with van der Waals surface area (Å²) < 4.78 is 6.74. The van der Waals surface area contributed by atoms with Crippen LogP contribution in [0, 0.1) is 0 Å². The Kier molecular flexibility index (Phi) is 17.0. The Morgan fingerprint density at radius 2 is 1.41 bits per heavy atom. The van der Waals surface area contributed by atoms with Crippen molar-refractivity contribution >= 4 is 0 Å². The molecule has 2 unspecified atom stereocenters. The van der Waals surface area contributed by atoms with Crippen LogP contribution in [-0.4, -0.2) is 39.1 Å². The van der Waals surface area contributed by atoms with Crippen molar-refractivity contribution in [3.05, 3.63) is 33.1 Å². The molecule has 7 heteroatoms. The van der Waals surface area contributed by atoms with Gasteiger partial charge in [-0.05, 0) is 19.3 Å². The van der Waals surface area contributed by atoms with Crippen molar-refractivity contribution in [2.24, 2.45) is 0 Å². The summed E-state index contributed by atoms with van der Waals surface area (Å²) >= 11 is 0. The van der Waals surface area contributed by atoms with Gasteiger partial charge in [-0.25, -0.2) is 4.79 Å². The standard InChI is InChI=1S/C16H34O.C9H12N2O4/c1-2-3-4-5-6-7-8-9-10-11-12-13-14-15-16-17;12-5-6-1-2-8(15-6)11-4-3-7(13)10-9(11)14/h17H,2-16H2,1H3;3-4,6,8,12H,1-2,5H2,(H,10,13,14). The van der Waals surface area contributed by atoms with Crippen molar-refractivity contribution in [3.8, 4) is 0 Å². The zero-order chi connectivity index (χ0) is 23.4. The van der Waals surface area contributed by atoms with Crippen LogP contribution in [0.4, 0.5) is 0 Å². The minimum atomic E-state index is -0.480. The van der Waals surface area contributed by atoms with E-state index >= 15 is 0 Å². The average molecular weight is 455 g/mol. The summed E-state index contributed by atoms with van der Waals surface area (Å²) in [5, 5.41) is 17.5. The minimum Gasteiger partial charge on any atom is -0.396 e. The van der Waals surface area contributed by atoms with Crippen molar-refractivity contribution in [2.75, 3.05) is 13.2 Å². The number of aromatic nitrogens is 2. The molecule has 0 radical (unpaired) electrons. The molecule has 0 aromatic carbocycles. The van der Waals surface area contributed by atoms with Crippen LogP contribution in [0.5, 0.6) is 0 Å². The lowest BCUT2D eigenvalue weighted by molar-refractivity contribution is -0.0246. The van der Waals surface area contributed by atoms with Crippen molar-refractivity contribution in [3.63, 3.8) is 0 Å². The van der Waals surface area contributed by atoms with Crippen LogP contribution in [0.1, 0.15) is 116 Å². The smallest absolute Gasteiger partial charge is 0.330 e. The zero-order valence-corrected chi connectivity index (χ0v) is 20.1. The number of hydrogen-bond acceptors (Lipinski definition) is 5. The fraction of sp³-hybridized carbons (Fsp3) is 0.840. The van der Waals surface area contributed by atoms with Gasteiger partial charge in [-0.3, -0.25) is 14.3 Å². The molecule has 2 atom stereocenters. The average Bonchev–Trinajstić information content (AvgIpc) is 3.26. The molecule has 0 aliphatic carbocycles. The van der Waals surface area contributed by atoms with Gasteiger partial charge in [0.15, 0.2) is 0 Å². The van der Waals surface area contributed by atoms with E-state index in [0.717, 1.165) is 6.42 Å². The molecule has 0 amide bonds. The molecular formula is C25H46N2O5. The largest absolute Gasteiger partial charge is 0.396 e. The molecule has 32 heavy (non-hydrogen) atoms. The highest BCUT2D eigenvalue weighted by molar-refractivity contribution is 4.85. The summed E-state index contributed by atoms with van der Waals surface area (Å²) in [5.74, 6) is 0. The Bertz CT molecular complexity index is 659. The molecule has 0 spiro atoms. The summed E-state index contributed by atoms with van der Waals surface area (Å²) in [4.78, 5) is 24.4. The third-order valence-electron chi connectivity index (χ3n) is 5.96. The number of nitrogens with one attached hydrogen (secondary N) is 1. The maximum absolute atomic E-state index is 11.4. The fourth-order valence-corrected chi connectivity index (χ4v) is 3.99. The molecule has 7 nitrogen and oxygen atoms in total. The minimum absolute atomic E-state index is 0.0470. The van der Waals surface area contributed by atoms with Gasteiger partial charge in [-0.15, -0.1) is 0 Å². The predicted octanol–water partition coefficient (Wildman–Crippen LogP) is 4.67. The van der Waals surface area contributed by atoms with Gasteiger partial charge in [0.25, 0.3) is 5.56 Å². The lowest BCUT2D eigenvalue weighted by Gasteiger charge is -2.13. The lowest BCUT2D eigenvalue weighted by atomic mass is 10.0. The molecule has 1 aliphatic rings. The van der Waals surface area contributed by atoms with E-state index in [2.05, 4.69) is 11.9 Å². The fourth-order valence-electron chi connectivity index (χ4n) is 3.99. The summed E-state index contributed by atoms with van der Waals surface area (Å²) in [6, 6.07) is 1.27. The van der Waals surface area contributed by atoms with E-state index in [1.165, 1.54) is 100 Å². The Hall–Kier alpha value is -1.44. The van der Waals surface area contributed by atoms with E-state index < -0.39 is 11.2 Å². The van der Waals surface area contributed by atoms with E-state index in [4.69, 9.17) is 14.9 Å². The normalized spacial score (nSPS) is 17.8. The molecule has 186 valence electrons. The van der Waals surface area contributed by atoms with E-state index in [0.29, 0.717) is 19.4 Å². The number of ether oxygens (including phenoxy) is 1. The second-order valence-corrected chi connectivity index (χ2v) is 8.81. The first kappa shape index (κ1) is 28.6. The molecule has 2 heterocycles. The number of aliphatic hydroxyl groups is 2. The second-order valence-electron chi connectivity index (χ2n) is 8.81. The summed E-state index contributed by atoms with van der Waals surface area (Å²) in [6.45, 7) is 2.60. The van der Waals surface area contributed by atoms with Crippen molar-refractivity contribution in [1.29, 1.82) is 0 Å². The third kappa shape index (κ3) is 13.2. The van der Waals surface area contributed by atoms with Gasteiger partial charge in [0.1, 0.15) is 6.23 Å². The molecule has 1 aliphatic heterocycles. The van der Waals surface area contributed by atoms with E-state index in [9.17, 15) is 9.59 Å². The van der Waals surface area contributed by atoms with Crippen LogP contribution < -0.4 is 11.2 Å². The van der Waals surface area contributed by atoms with Crippen molar-refractivity contribution in [2.45, 2.75) is 122 Å². The SMILES string of the molecule is CCCCCCCCCCCCCCCCO.O=c1ccn(C2CCC(CO)O2)c(=O)[nH]1. The van der Waals surface area contributed by atoms with E-state index in [1.807, 2.05) is 0 Å². The van der Waals surface area contributed by atoms with Gasteiger partial charge in [0, 0.05) is 18.9 Å². The van der Waals surface area contributed by atoms with Gasteiger partial charge in [0.2, 0.25) is 0 Å². The van der Waals surface area contributed by atoms with Crippen molar-refractivity contribution in [1.82, 2.24) is 9.55 Å². The second kappa shape index (κ2) is 19.1. The number of aliphatic hydroxyl groups excluding tert-OH is 2. The first-order valence-corrected chi connectivity index (χ1v) is 12.8. The first-order valence-electron chi connectivity index (χ1n) is 12.8. The first-order chi connectivity index (χ1) is 15.6. The summed E-state index contributed by atoms with van der Waals surface area (Å²) in [6.07, 6.45) is 21.4. The van der Waals surface area contributed by atoms with Crippen LogP contribution >= 0.6 is 0 Å². The summed E-state index contributed by atoms with van der Waals surface area (Å²) in [5.41, 5.74) is -0.904. The van der Waals surface area contributed by atoms with Crippen molar-refractivity contribution < 1.29 is 14.9 Å². The molecule has 1 aromatic heterocycles. The third-order valence-corrected chi connectivity index (χ3v) is 5.96. The van der Waals surface area contributed by atoms with Gasteiger partial charge in [-0.2, -0.15) is 0 Å². The van der Waals surface area contributed by atoms with Crippen LogP contribution in [0.15, 0.2) is 21.9 Å². The molecular weight excluding hydrogens is 408 g/mol. The number of unbranched alkanes of at least 4 members (excludes halogenated alkanes) is 13. The molecule has 1 saturated heterocycles. The van der Waals surface area contributed by atoms with Gasteiger partial charge in [-0.1, -0.05) is 90.4 Å². The Labute approximate surface area is 193 Å². The highest BCUT2D eigenvalue weighted by Crippen LogP contribution is 2.26. The number of hydrogen-bond donors (Lipinski definition) is 3. The van der Waals surface area contributed by atoms with Gasteiger partial charge >= 0.3 is 5.69 Å². The monoisotopic (exact) mass is 454 g/mol. The van der Waals surface area contributed by atoms with Crippen LogP contribution in [0.25, 0.3) is 0 Å². The van der Waals surface area contributed by atoms with Crippen LogP contribution in [-0.2, 0) is 4.74 Å². The van der Waals surface area contributed by atoms with E-state index in [-0.39, 0.29) is 18.9 Å². The number of H-pyrrole nitrogens is 1. The van der Waals surface area contributed by atoms with E-state index in [1.54, 1.807) is 0 Å². The predicted molar refractivity (Wildman–Crippen MR) is 129 cm³/mol. The zero-order valence-electron chi connectivity index (χ0n) is 20.1. The van der Waals surface area contributed by atoms with Gasteiger partial charge < -0.3 is 14.9 Å². The Balaban J connectivity index is 0.000000321. The molecule has 0 saturated carbocycles. The Morgan fingerprint density at radius 1 is 0.875 bits per heavy atom. The molecule has 2 rings (SSSR count).